The van der Waals surface area contributed by atoms with Crippen LogP contribution in [0.1, 0.15) is 26.3 Å². The Kier molecular flexibility index (Phi) is 6.23. The molecule has 0 saturated carbocycles. The number of piperazine rings is 1. The molecule has 1 fully saturated rings. The molecule has 1 aromatic carbocycles. The van der Waals surface area contributed by atoms with Crippen LogP contribution in [0, 0.1) is 0 Å². The van der Waals surface area contributed by atoms with E-state index in [0.29, 0.717) is 24.7 Å². The summed E-state index contributed by atoms with van der Waals surface area (Å²) in [6.07, 6.45) is 0.549. The largest absolute Gasteiger partial charge is 0.497 e. The van der Waals surface area contributed by atoms with Gasteiger partial charge in [0.05, 0.1) is 19.7 Å². The van der Waals surface area contributed by atoms with Gasteiger partial charge in [0.1, 0.15) is 11.4 Å². The molecule has 0 bridgehead atoms. The first-order valence-electron chi connectivity index (χ1n) is 9.62. The van der Waals surface area contributed by atoms with Gasteiger partial charge in [-0.15, -0.1) is 0 Å². The number of hydrogen-bond donors (Lipinski definition) is 1. The molecular weight excluding hydrogens is 380 g/mol. The maximum atomic E-state index is 12.3. The van der Waals surface area contributed by atoms with Gasteiger partial charge in [-0.2, -0.15) is 0 Å². The zero-order valence-electron chi connectivity index (χ0n) is 17.0. The van der Waals surface area contributed by atoms with Crippen LogP contribution in [0.3, 0.4) is 0 Å². The average Bonchev–Trinajstić information content (AvgIpc) is 3.04. The molecule has 0 radical (unpaired) electrons. The molecule has 1 saturated heterocycles. The third kappa shape index (κ3) is 5.01. The van der Waals surface area contributed by atoms with Crippen LogP contribution in [-0.4, -0.2) is 73.3 Å². The topological polar surface area (TPSA) is 66.4 Å². The molecule has 2 aliphatic rings. The van der Waals surface area contributed by atoms with Crippen molar-refractivity contribution in [3.8, 4) is 5.75 Å². The maximum Gasteiger partial charge on any atom is 0.410 e. The van der Waals surface area contributed by atoms with Crippen LogP contribution in [0.25, 0.3) is 0 Å². The van der Waals surface area contributed by atoms with E-state index in [1.54, 1.807) is 12.0 Å². The number of carbonyl (C=O) groups excluding carboxylic acids is 1. The van der Waals surface area contributed by atoms with E-state index in [1.165, 1.54) is 0 Å². The number of hydrogen-bond acceptors (Lipinski definition) is 6. The normalized spacial score (nSPS) is 19.2. The first-order valence-corrected chi connectivity index (χ1v) is 10.00. The molecule has 1 aromatic rings. The lowest BCUT2D eigenvalue weighted by atomic mass is 10.1. The number of aliphatic imine (C=N–C) groups is 1. The molecule has 154 valence electrons. The van der Waals surface area contributed by atoms with Crippen LogP contribution in [0.5, 0.6) is 5.75 Å². The molecule has 7 nitrogen and oxygen atoms in total. The van der Waals surface area contributed by atoms with E-state index >= 15 is 0 Å². The number of fused-ring (bicyclic) bond motifs is 1. The molecule has 2 aliphatic heterocycles. The van der Waals surface area contributed by atoms with Crippen LogP contribution in [0.4, 0.5) is 4.79 Å². The Bertz CT molecular complexity index is 747. The van der Waals surface area contributed by atoms with Gasteiger partial charge in [0.2, 0.25) is 0 Å². The predicted octanol–water partition coefficient (Wildman–Crippen LogP) is 2.77. The van der Waals surface area contributed by atoms with Crippen LogP contribution >= 0.6 is 11.6 Å². The highest BCUT2D eigenvalue weighted by Crippen LogP contribution is 2.23. The lowest BCUT2D eigenvalue weighted by Crippen LogP contribution is -2.57. The predicted molar refractivity (Wildman–Crippen MR) is 110 cm³/mol. The molecule has 0 spiro atoms. The fourth-order valence-corrected chi connectivity index (χ4v) is 3.65. The fourth-order valence-electron chi connectivity index (χ4n) is 3.39. The Hall–Kier alpha value is -2.15. The number of halogens is 1. The number of guanidine groups is 1. The summed E-state index contributed by atoms with van der Waals surface area (Å²) in [4.78, 5) is 21.0. The lowest BCUT2D eigenvalue weighted by Gasteiger charge is -2.39. The van der Waals surface area contributed by atoms with Crippen molar-refractivity contribution in [1.82, 2.24) is 15.1 Å². The summed E-state index contributed by atoms with van der Waals surface area (Å²) in [6.45, 7) is 9.10. The highest BCUT2D eigenvalue weighted by molar-refractivity contribution is 6.31. The molecule has 8 heteroatoms. The van der Waals surface area contributed by atoms with Gasteiger partial charge in [-0.1, -0.05) is 17.7 Å². The zero-order valence-corrected chi connectivity index (χ0v) is 17.8. The van der Waals surface area contributed by atoms with Gasteiger partial charge in [0.25, 0.3) is 0 Å². The molecule has 1 atom stereocenters. The molecule has 0 aromatic heterocycles. The second-order valence-electron chi connectivity index (χ2n) is 8.07. The van der Waals surface area contributed by atoms with E-state index < -0.39 is 5.60 Å². The number of carbonyl (C=O) groups is 1. The quantitative estimate of drug-likeness (QED) is 0.829. The number of amides is 1. The summed E-state index contributed by atoms with van der Waals surface area (Å²) < 4.78 is 10.7. The number of benzene rings is 1. The summed E-state index contributed by atoms with van der Waals surface area (Å²) in [6, 6.07) is 5.94. The summed E-state index contributed by atoms with van der Waals surface area (Å²) in [5.41, 5.74) is 0.593. The highest BCUT2D eigenvalue weighted by Gasteiger charge is 2.36. The Labute approximate surface area is 171 Å². The van der Waals surface area contributed by atoms with Gasteiger partial charge in [0, 0.05) is 31.2 Å². The van der Waals surface area contributed by atoms with Gasteiger partial charge >= 0.3 is 6.09 Å². The smallest absolute Gasteiger partial charge is 0.410 e. The number of rotatable bonds is 4. The SMILES string of the molecule is COc1ccc(CCNC2=NCC3CN(C(=O)OC(C)(C)C)CCN23)c(Cl)c1. The van der Waals surface area contributed by atoms with Crippen molar-refractivity contribution in [2.45, 2.75) is 38.8 Å². The van der Waals surface area contributed by atoms with E-state index in [4.69, 9.17) is 21.1 Å². The molecule has 1 unspecified atom stereocenters. The van der Waals surface area contributed by atoms with Crippen molar-refractivity contribution >= 4 is 23.7 Å². The molecule has 0 aliphatic carbocycles. The van der Waals surface area contributed by atoms with Crippen molar-refractivity contribution in [2.24, 2.45) is 4.99 Å². The van der Waals surface area contributed by atoms with Crippen LogP contribution in [-0.2, 0) is 11.2 Å². The molecular formula is C20H29ClN4O3. The van der Waals surface area contributed by atoms with Crippen LogP contribution < -0.4 is 10.1 Å². The highest BCUT2D eigenvalue weighted by atomic mass is 35.5. The Morgan fingerprint density at radius 2 is 2.14 bits per heavy atom. The molecule has 3 rings (SSSR count). The monoisotopic (exact) mass is 408 g/mol. The van der Waals surface area contributed by atoms with E-state index in [9.17, 15) is 4.79 Å². The minimum atomic E-state index is -0.476. The fraction of sp³-hybridized carbons (Fsp3) is 0.600. The van der Waals surface area contributed by atoms with Crippen molar-refractivity contribution in [3.05, 3.63) is 28.8 Å². The number of nitrogens with one attached hydrogen (secondary N) is 1. The van der Waals surface area contributed by atoms with Crippen molar-refractivity contribution in [1.29, 1.82) is 0 Å². The number of ether oxygens (including phenoxy) is 2. The molecule has 1 amide bonds. The zero-order chi connectivity index (χ0) is 20.3. The second kappa shape index (κ2) is 8.47. The van der Waals surface area contributed by atoms with E-state index in [1.807, 2.05) is 39.0 Å². The van der Waals surface area contributed by atoms with Gasteiger partial charge in [-0.3, -0.25) is 4.99 Å². The number of methoxy groups -OCH3 is 1. The van der Waals surface area contributed by atoms with Gasteiger partial charge in [0.15, 0.2) is 5.96 Å². The van der Waals surface area contributed by atoms with E-state index in [2.05, 4.69) is 15.2 Å². The minimum absolute atomic E-state index is 0.202. The Balaban J connectivity index is 1.48. The van der Waals surface area contributed by atoms with E-state index in [-0.39, 0.29) is 12.1 Å². The summed E-state index contributed by atoms with van der Waals surface area (Å²) in [5.74, 6) is 1.66. The third-order valence-corrected chi connectivity index (χ3v) is 5.15. The standard InChI is InChI=1S/C20H29ClN4O3/c1-20(2,3)28-19(26)24-9-10-25-15(13-24)12-23-18(25)22-8-7-14-5-6-16(27-4)11-17(14)21/h5-6,11,15H,7-10,12-13H2,1-4H3,(H,22,23). The maximum absolute atomic E-state index is 12.3. The first kappa shape index (κ1) is 20.6. The first-order chi connectivity index (χ1) is 13.3. The van der Waals surface area contributed by atoms with Gasteiger partial charge < -0.3 is 24.6 Å². The van der Waals surface area contributed by atoms with Crippen molar-refractivity contribution < 1.29 is 14.3 Å². The summed E-state index contributed by atoms with van der Waals surface area (Å²) >= 11 is 6.31. The molecule has 2 heterocycles. The molecule has 1 N–H and O–H groups in total. The van der Waals surface area contributed by atoms with Gasteiger partial charge in [-0.05, 0) is 44.9 Å². The van der Waals surface area contributed by atoms with Gasteiger partial charge in [-0.25, -0.2) is 4.79 Å². The summed E-state index contributed by atoms with van der Waals surface area (Å²) in [7, 11) is 1.63. The van der Waals surface area contributed by atoms with Crippen LogP contribution in [0.2, 0.25) is 5.02 Å². The summed E-state index contributed by atoms with van der Waals surface area (Å²) in [5, 5.41) is 4.13. The van der Waals surface area contributed by atoms with Crippen molar-refractivity contribution in [2.75, 3.05) is 39.8 Å². The average molecular weight is 409 g/mol. The third-order valence-electron chi connectivity index (χ3n) is 4.80. The van der Waals surface area contributed by atoms with Crippen molar-refractivity contribution in [3.63, 3.8) is 0 Å². The Morgan fingerprint density at radius 1 is 1.36 bits per heavy atom. The molecule has 28 heavy (non-hydrogen) atoms. The second-order valence-corrected chi connectivity index (χ2v) is 8.48. The van der Waals surface area contributed by atoms with Crippen LogP contribution in [0.15, 0.2) is 23.2 Å². The number of nitrogens with zero attached hydrogens (tertiary/aromatic N) is 3. The Morgan fingerprint density at radius 3 is 2.82 bits per heavy atom. The minimum Gasteiger partial charge on any atom is -0.497 e. The van der Waals surface area contributed by atoms with E-state index in [0.717, 1.165) is 36.8 Å². The lowest BCUT2D eigenvalue weighted by molar-refractivity contribution is 0.0137.